The standard InChI is InChI=1S/C22H28Cl2N4O/c1-15(20-7-6-18(23)12-21(20)24)27-22(25)26-13-16-4-2-3-5-17(16)14-28-10-8-19(29)9-11-28/h2-7,12,15,19,29H,8-11,13-14H2,1H3,(H3,25,26,27). The first-order valence-electron chi connectivity index (χ1n) is 9.91. The van der Waals surface area contributed by atoms with Crippen LogP contribution in [0.5, 0.6) is 0 Å². The highest BCUT2D eigenvalue weighted by Crippen LogP contribution is 2.26. The second-order valence-electron chi connectivity index (χ2n) is 7.51. The predicted molar refractivity (Wildman–Crippen MR) is 120 cm³/mol. The lowest BCUT2D eigenvalue weighted by Gasteiger charge is -2.30. The van der Waals surface area contributed by atoms with Crippen LogP contribution in [-0.2, 0) is 13.1 Å². The third-order valence-electron chi connectivity index (χ3n) is 5.28. The highest BCUT2D eigenvalue weighted by Gasteiger charge is 2.18. The summed E-state index contributed by atoms with van der Waals surface area (Å²) in [7, 11) is 0. The number of hydrogen-bond acceptors (Lipinski definition) is 3. The second-order valence-corrected chi connectivity index (χ2v) is 8.35. The van der Waals surface area contributed by atoms with E-state index in [4.69, 9.17) is 28.9 Å². The van der Waals surface area contributed by atoms with E-state index in [1.165, 1.54) is 5.56 Å². The number of benzene rings is 2. The average Bonchev–Trinajstić information content (AvgIpc) is 2.69. The van der Waals surface area contributed by atoms with Crippen molar-refractivity contribution in [3.63, 3.8) is 0 Å². The van der Waals surface area contributed by atoms with Crippen molar-refractivity contribution in [3.05, 3.63) is 69.2 Å². The Morgan fingerprint density at radius 2 is 1.90 bits per heavy atom. The zero-order valence-electron chi connectivity index (χ0n) is 16.6. The maximum absolute atomic E-state index is 9.70. The van der Waals surface area contributed by atoms with Crippen molar-refractivity contribution >= 4 is 29.2 Å². The molecule has 2 aromatic rings. The third kappa shape index (κ3) is 6.34. The molecule has 5 nitrogen and oxygen atoms in total. The fourth-order valence-electron chi connectivity index (χ4n) is 3.55. The Hall–Kier alpha value is -1.79. The van der Waals surface area contributed by atoms with Crippen LogP contribution >= 0.6 is 23.2 Å². The number of halogens is 2. The van der Waals surface area contributed by atoms with E-state index in [0.29, 0.717) is 22.5 Å². The van der Waals surface area contributed by atoms with E-state index in [2.05, 4.69) is 27.3 Å². The first kappa shape index (κ1) is 21.9. The van der Waals surface area contributed by atoms with E-state index in [1.54, 1.807) is 6.07 Å². The van der Waals surface area contributed by atoms with Gasteiger partial charge in [-0.1, -0.05) is 53.5 Å². The summed E-state index contributed by atoms with van der Waals surface area (Å²) in [6.45, 7) is 5.19. The minimum Gasteiger partial charge on any atom is -0.393 e. The fourth-order valence-corrected chi connectivity index (χ4v) is 4.12. The second kappa shape index (κ2) is 10.3. The van der Waals surface area contributed by atoms with Crippen molar-refractivity contribution in [2.45, 2.75) is 45.0 Å². The van der Waals surface area contributed by atoms with E-state index in [0.717, 1.165) is 43.6 Å². The number of rotatable bonds is 6. The quantitative estimate of drug-likeness (QED) is 0.472. The minimum atomic E-state index is -0.159. The Morgan fingerprint density at radius 1 is 1.21 bits per heavy atom. The number of aliphatic hydroxyl groups excluding tert-OH is 1. The summed E-state index contributed by atoms with van der Waals surface area (Å²) in [6, 6.07) is 13.6. The van der Waals surface area contributed by atoms with Crippen LogP contribution in [0.25, 0.3) is 0 Å². The monoisotopic (exact) mass is 434 g/mol. The maximum atomic E-state index is 9.70. The van der Waals surface area contributed by atoms with Gasteiger partial charge in [0, 0.05) is 29.7 Å². The summed E-state index contributed by atoms with van der Waals surface area (Å²) < 4.78 is 0. The lowest BCUT2D eigenvalue weighted by atomic mass is 10.0. The van der Waals surface area contributed by atoms with Gasteiger partial charge in [0.2, 0.25) is 0 Å². The molecule has 0 spiro atoms. The SMILES string of the molecule is CC(NC(N)=NCc1ccccc1CN1CCC(O)CC1)c1ccc(Cl)cc1Cl. The zero-order valence-corrected chi connectivity index (χ0v) is 18.1. The largest absolute Gasteiger partial charge is 0.393 e. The molecule has 2 aromatic carbocycles. The van der Waals surface area contributed by atoms with Crippen LogP contribution in [0, 0.1) is 0 Å². The van der Waals surface area contributed by atoms with E-state index in [1.807, 2.05) is 31.2 Å². The van der Waals surface area contributed by atoms with Crippen molar-refractivity contribution in [2.75, 3.05) is 13.1 Å². The highest BCUT2D eigenvalue weighted by atomic mass is 35.5. The molecule has 1 atom stereocenters. The van der Waals surface area contributed by atoms with E-state index < -0.39 is 0 Å². The Labute approximate surface area is 182 Å². The van der Waals surface area contributed by atoms with Gasteiger partial charge in [-0.2, -0.15) is 0 Å². The summed E-state index contributed by atoms with van der Waals surface area (Å²) in [5.41, 5.74) is 9.44. The van der Waals surface area contributed by atoms with Crippen molar-refractivity contribution in [3.8, 4) is 0 Å². The van der Waals surface area contributed by atoms with Crippen molar-refractivity contribution in [1.82, 2.24) is 10.2 Å². The van der Waals surface area contributed by atoms with Gasteiger partial charge >= 0.3 is 0 Å². The molecule has 1 unspecified atom stereocenters. The number of piperidine rings is 1. The molecule has 4 N–H and O–H groups in total. The molecule has 7 heteroatoms. The van der Waals surface area contributed by atoms with Gasteiger partial charge in [-0.15, -0.1) is 0 Å². The van der Waals surface area contributed by atoms with Gasteiger partial charge in [0.25, 0.3) is 0 Å². The Morgan fingerprint density at radius 3 is 2.59 bits per heavy atom. The summed E-state index contributed by atoms with van der Waals surface area (Å²) in [6.07, 6.45) is 1.51. The first-order valence-corrected chi connectivity index (χ1v) is 10.7. The average molecular weight is 435 g/mol. The van der Waals surface area contributed by atoms with E-state index >= 15 is 0 Å². The van der Waals surface area contributed by atoms with Crippen LogP contribution in [0.15, 0.2) is 47.5 Å². The van der Waals surface area contributed by atoms with Gasteiger partial charge in [0.1, 0.15) is 0 Å². The van der Waals surface area contributed by atoms with Crippen LogP contribution in [0.3, 0.4) is 0 Å². The molecule has 29 heavy (non-hydrogen) atoms. The molecule has 1 saturated heterocycles. The number of nitrogens with one attached hydrogen (secondary N) is 1. The molecule has 0 radical (unpaired) electrons. The van der Waals surface area contributed by atoms with Crippen molar-refractivity contribution in [2.24, 2.45) is 10.7 Å². The normalized spacial score (nSPS) is 17.3. The van der Waals surface area contributed by atoms with Gasteiger partial charge in [-0.3, -0.25) is 4.90 Å². The Kier molecular flexibility index (Phi) is 7.78. The van der Waals surface area contributed by atoms with Gasteiger partial charge in [0.05, 0.1) is 18.7 Å². The molecular formula is C22H28Cl2N4O. The maximum Gasteiger partial charge on any atom is 0.189 e. The third-order valence-corrected chi connectivity index (χ3v) is 5.85. The number of hydrogen-bond donors (Lipinski definition) is 3. The van der Waals surface area contributed by atoms with Gasteiger partial charge in [-0.25, -0.2) is 4.99 Å². The minimum absolute atomic E-state index is 0.0847. The molecular weight excluding hydrogens is 407 g/mol. The number of guanidine groups is 1. The highest BCUT2D eigenvalue weighted by molar-refractivity contribution is 6.35. The fraction of sp³-hybridized carbons (Fsp3) is 0.409. The molecule has 0 aliphatic carbocycles. The van der Waals surface area contributed by atoms with Crippen LogP contribution in [0.4, 0.5) is 0 Å². The number of nitrogens with two attached hydrogens (primary N) is 1. The van der Waals surface area contributed by atoms with Gasteiger partial charge < -0.3 is 16.2 Å². The molecule has 0 amide bonds. The molecule has 1 heterocycles. The summed E-state index contributed by atoms with van der Waals surface area (Å²) >= 11 is 12.2. The van der Waals surface area contributed by atoms with Crippen LogP contribution < -0.4 is 11.1 Å². The molecule has 0 bridgehead atoms. The molecule has 1 fully saturated rings. The van der Waals surface area contributed by atoms with Crippen molar-refractivity contribution < 1.29 is 5.11 Å². The number of nitrogens with zero attached hydrogens (tertiary/aromatic N) is 2. The number of aliphatic hydroxyl groups is 1. The topological polar surface area (TPSA) is 73.9 Å². The summed E-state index contributed by atoms with van der Waals surface area (Å²) in [5, 5.41) is 14.1. The van der Waals surface area contributed by atoms with Crippen molar-refractivity contribution in [1.29, 1.82) is 0 Å². The molecule has 3 rings (SSSR count). The molecule has 0 aromatic heterocycles. The lowest BCUT2D eigenvalue weighted by Crippen LogP contribution is -2.35. The molecule has 1 aliphatic rings. The Balaban J connectivity index is 1.61. The molecule has 0 saturated carbocycles. The van der Waals surface area contributed by atoms with Crippen LogP contribution in [0.1, 0.15) is 42.5 Å². The van der Waals surface area contributed by atoms with Gasteiger partial charge in [-0.05, 0) is 48.6 Å². The number of likely N-dealkylation sites (tertiary alicyclic amines) is 1. The zero-order chi connectivity index (χ0) is 20.8. The molecule has 1 aliphatic heterocycles. The Bertz CT molecular complexity index is 850. The lowest BCUT2D eigenvalue weighted by molar-refractivity contribution is 0.0791. The summed E-state index contributed by atoms with van der Waals surface area (Å²) in [5.74, 6) is 0.374. The van der Waals surface area contributed by atoms with E-state index in [9.17, 15) is 5.11 Å². The van der Waals surface area contributed by atoms with E-state index in [-0.39, 0.29) is 12.1 Å². The van der Waals surface area contributed by atoms with Crippen LogP contribution in [-0.4, -0.2) is 35.2 Å². The first-order chi connectivity index (χ1) is 13.9. The molecule has 156 valence electrons. The smallest absolute Gasteiger partial charge is 0.189 e. The number of aliphatic imine (C=N–C) groups is 1. The summed E-state index contributed by atoms with van der Waals surface area (Å²) in [4.78, 5) is 6.91. The predicted octanol–water partition coefficient (Wildman–Crippen LogP) is 4.12. The van der Waals surface area contributed by atoms with Gasteiger partial charge in [0.15, 0.2) is 5.96 Å². The van der Waals surface area contributed by atoms with Crippen LogP contribution in [0.2, 0.25) is 10.0 Å².